The highest BCUT2D eigenvalue weighted by Crippen LogP contribution is 2.30. The molecule has 2 heterocycles. The number of piperidine rings is 1. The van der Waals surface area contributed by atoms with E-state index in [0.717, 1.165) is 25.9 Å². The minimum atomic E-state index is -0.182. The smallest absolute Gasteiger partial charge is 0.262 e. The second kappa shape index (κ2) is 6.24. The molecule has 1 saturated heterocycles. The summed E-state index contributed by atoms with van der Waals surface area (Å²) in [6, 6.07) is 5.25. The van der Waals surface area contributed by atoms with Crippen molar-refractivity contribution in [1.82, 2.24) is 5.32 Å². The highest BCUT2D eigenvalue weighted by Gasteiger charge is 2.24. The number of anilines is 1. The van der Waals surface area contributed by atoms with Crippen LogP contribution in [0.4, 0.5) is 5.69 Å². The maximum absolute atomic E-state index is 12.4. The number of halogens is 1. The molecule has 0 bridgehead atoms. The molecule has 3 rings (SSSR count). The van der Waals surface area contributed by atoms with Crippen molar-refractivity contribution in [2.24, 2.45) is 5.92 Å². The Morgan fingerprint density at radius 1 is 1.25 bits per heavy atom. The zero-order valence-electron chi connectivity index (χ0n) is 11.0. The fourth-order valence-corrected chi connectivity index (χ4v) is 2.56. The Hall–Kier alpha value is -1.59. The van der Waals surface area contributed by atoms with Crippen LogP contribution in [0.5, 0.6) is 5.75 Å². The molecule has 20 heavy (non-hydrogen) atoms. The third kappa shape index (κ3) is 2.94. The van der Waals surface area contributed by atoms with Crippen LogP contribution in [0.1, 0.15) is 23.2 Å². The summed E-state index contributed by atoms with van der Waals surface area (Å²) in [6.45, 7) is 1.82. The van der Waals surface area contributed by atoms with Crippen LogP contribution in [0.25, 0.3) is 0 Å². The molecule has 0 aromatic heterocycles. The standard InChI is InChI=1S/C14H16N2O3.ClH/c17-13-8-19-12-2-1-10(7-11(12)16-13)14(18)9-3-5-15-6-4-9;/h1-2,7,9,15H,3-6,8H2,(H,16,17);1H. The van der Waals surface area contributed by atoms with Crippen molar-refractivity contribution in [2.45, 2.75) is 12.8 Å². The van der Waals surface area contributed by atoms with Gasteiger partial charge in [-0.25, -0.2) is 0 Å². The summed E-state index contributed by atoms with van der Waals surface area (Å²) in [6.07, 6.45) is 1.75. The predicted octanol–water partition coefficient (Wildman–Crippen LogP) is 1.62. The largest absolute Gasteiger partial charge is 0.482 e. The molecule has 0 radical (unpaired) electrons. The van der Waals surface area contributed by atoms with Gasteiger partial charge >= 0.3 is 0 Å². The van der Waals surface area contributed by atoms with Crippen molar-refractivity contribution in [2.75, 3.05) is 25.0 Å². The van der Waals surface area contributed by atoms with Gasteiger partial charge in [0.1, 0.15) is 5.75 Å². The van der Waals surface area contributed by atoms with Crippen LogP contribution in [-0.4, -0.2) is 31.4 Å². The summed E-state index contributed by atoms with van der Waals surface area (Å²) >= 11 is 0. The molecular formula is C14H17ClN2O3. The van der Waals surface area contributed by atoms with Crippen LogP contribution in [0.3, 0.4) is 0 Å². The Balaban J connectivity index is 0.00000147. The second-order valence-corrected chi connectivity index (χ2v) is 4.94. The van der Waals surface area contributed by atoms with Crippen LogP contribution in [-0.2, 0) is 4.79 Å². The van der Waals surface area contributed by atoms with Gasteiger partial charge in [0, 0.05) is 11.5 Å². The van der Waals surface area contributed by atoms with Crippen LogP contribution in [0.2, 0.25) is 0 Å². The molecule has 0 unspecified atom stereocenters. The first-order valence-corrected chi connectivity index (χ1v) is 6.55. The number of hydrogen-bond acceptors (Lipinski definition) is 4. The van der Waals surface area contributed by atoms with Crippen LogP contribution in [0, 0.1) is 5.92 Å². The minimum Gasteiger partial charge on any atom is -0.482 e. The Morgan fingerprint density at radius 3 is 2.75 bits per heavy atom. The molecule has 1 amide bonds. The number of Topliss-reactive ketones (excluding diaryl/α,β-unsaturated/α-hetero) is 1. The van der Waals surface area contributed by atoms with Gasteiger partial charge in [-0.15, -0.1) is 12.4 Å². The van der Waals surface area contributed by atoms with Crippen molar-refractivity contribution in [3.05, 3.63) is 23.8 Å². The molecule has 1 aromatic rings. The minimum absolute atomic E-state index is 0. The fourth-order valence-electron chi connectivity index (χ4n) is 2.56. The molecule has 2 N–H and O–H groups in total. The first kappa shape index (κ1) is 14.8. The number of carbonyl (C=O) groups is 2. The quantitative estimate of drug-likeness (QED) is 0.814. The molecule has 108 valence electrons. The summed E-state index contributed by atoms with van der Waals surface area (Å²) < 4.78 is 5.28. The number of amides is 1. The van der Waals surface area contributed by atoms with Crippen LogP contribution in [0.15, 0.2) is 18.2 Å². The highest BCUT2D eigenvalue weighted by molar-refractivity contribution is 6.01. The van der Waals surface area contributed by atoms with Crippen molar-refractivity contribution >= 4 is 29.8 Å². The van der Waals surface area contributed by atoms with Crippen LogP contribution >= 0.6 is 12.4 Å². The molecule has 0 aliphatic carbocycles. The molecule has 5 nitrogen and oxygen atoms in total. The van der Waals surface area contributed by atoms with E-state index in [9.17, 15) is 9.59 Å². The van der Waals surface area contributed by atoms with E-state index in [1.54, 1.807) is 18.2 Å². The summed E-state index contributed by atoms with van der Waals surface area (Å²) in [5.74, 6) is 0.684. The van der Waals surface area contributed by atoms with E-state index >= 15 is 0 Å². The Labute approximate surface area is 123 Å². The van der Waals surface area contributed by atoms with E-state index in [1.807, 2.05) is 0 Å². The lowest BCUT2D eigenvalue weighted by atomic mass is 9.89. The average molecular weight is 297 g/mol. The average Bonchev–Trinajstić information content (AvgIpc) is 2.46. The molecular weight excluding hydrogens is 280 g/mol. The SMILES string of the molecule is Cl.O=C1COc2ccc(C(=O)C3CCNCC3)cc2N1. The second-order valence-electron chi connectivity index (χ2n) is 4.94. The van der Waals surface area contributed by atoms with Gasteiger partial charge in [-0.2, -0.15) is 0 Å². The predicted molar refractivity (Wildman–Crippen MR) is 77.7 cm³/mol. The number of benzene rings is 1. The van der Waals surface area contributed by atoms with Gasteiger partial charge in [0.15, 0.2) is 12.4 Å². The summed E-state index contributed by atoms with van der Waals surface area (Å²) in [5, 5.41) is 5.98. The number of ether oxygens (including phenoxy) is 1. The normalized spacial score (nSPS) is 18.3. The monoisotopic (exact) mass is 296 g/mol. The van der Waals surface area contributed by atoms with Gasteiger partial charge in [0.2, 0.25) is 0 Å². The zero-order valence-corrected chi connectivity index (χ0v) is 11.8. The molecule has 2 aliphatic rings. The lowest BCUT2D eigenvalue weighted by Gasteiger charge is -2.22. The van der Waals surface area contributed by atoms with Gasteiger partial charge in [-0.05, 0) is 44.1 Å². The molecule has 0 spiro atoms. The van der Waals surface area contributed by atoms with E-state index in [1.165, 1.54) is 0 Å². The lowest BCUT2D eigenvalue weighted by Crippen LogP contribution is -2.32. The molecule has 0 saturated carbocycles. The summed E-state index contributed by atoms with van der Waals surface area (Å²) in [5.41, 5.74) is 1.24. The number of rotatable bonds is 2. The van der Waals surface area contributed by atoms with Gasteiger partial charge in [0.25, 0.3) is 5.91 Å². The molecule has 0 atom stereocenters. The van der Waals surface area contributed by atoms with Crippen molar-refractivity contribution in [3.63, 3.8) is 0 Å². The van der Waals surface area contributed by atoms with E-state index in [4.69, 9.17) is 4.74 Å². The van der Waals surface area contributed by atoms with Gasteiger partial charge < -0.3 is 15.4 Å². The van der Waals surface area contributed by atoms with Gasteiger partial charge in [-0.1, -0.05) is 0 Å². The molecule has 2 aliphatic heterocycles. The third-order valence-corrected chi connectivity index (χ3v) is 3.61. The first-order chi connectivity index (χ1) is 9.24. The van der Waals surface area contributed by atoms with Crippen LogP contribution < -0.4 is 15.4 Å². The van der Waals surface area contributed by atoms with Crippen molar-refractivity contribution in [1.29, 1.82) is 0 Å². The number of nitrogens with one attached hydrogen (secondary N) is 2. The Bertz CT molecular complexity index is 527. The van der Waals surface area contributed by atoms with Crippen molar-refractivity contribution < 1.29 is 14.3 Å². The van der Waals surface area contributed by atoms with Crippen molar-refractivity contribution in [3.8, 4) is 5.75 Å². The van der Waals surface area contributed by atoms with Gasteiger partial charge in [0.05, 0.1) is 5.69 Å². The number of ketones is 1. The van der Waals surface area contributed by atoms with E-state index in [2.05, 4.69) is 10.6 Å². The fraction of sp³-hybridized carbons (Fsp3) is 0.429. The summed E-state index contributed by atoms with van der Waals surface area (Å²) in [4.78, 5) is 23.7. The molecule has 6 heteroatoms. The maximum atomic E-state index is 12.4. The Morgan fingerprint density at radius 2 is 2.00 bits per heavy atom. The first-order valence-electron chi connectivity index (χ1n) is 6.55. The zero-order chi connectivity index (χ0) is 13.2. The number of hydrogen-bond donors (Lipinski definition) is 2. The maximum Gasteiger partial charge on any atom is 0.262 e. The third-order valence-electron chi connectivity index (χ3n) is 3.61. The van der Waals surface area contributed by atoms with E-state index < -0.39 is 0 Å². The lowest BCUT2D eigenvalue weighted by molar-refractivity contribution is -0.118. The summed E-state index contributed by atoms with van der Waals surface area (Å²) in [7, 11) is 0. The number of fused-ring (bicyclic) bond motifs is 1. The Kier molecular flexibility index (Phi) is 4.62. The topological polar surface area (TPSA) is 67.4 Å². The highest BCUT2D eigenvalue weighted by atomic mass is 35.5. The number of carbonyl (C=O) groups excluding carboxylic acids is 2. The molecule has 1 fully saturated rings. The molecule has 1 aromatic carbocycles. The van der Waals surface area contributed by atoms with Gasteiger partial charge in [-0.3, -0.25) is 9.59 Å². The van der Waals surface area contributed by atoms with E-state index in [0.29, 0.717) is 17.0 Å². The van der Waals surface area contributed by atoms with E-state index in [-0.39, 0.29) is 36.6 Å².